The highest BCUT2D eigenvalue weighted by Gasteiger charge is 2.11. The van der Waals surface area contributed by atoms with Crippen molar-refractivity contribution >= 4 is 29.3 Å². The van der Waals surface area contributed by atoms with Gasteiger partial charge in [-0.15, -0.1) is 11.8 Å². The summed E-state index contributed by atoms with van der Waals surface area (Å²) >= 11 is 6.91. The molecule has 0 radical (unpaired) electrons. The third-order valence-corrected chi connectivity index (χ3v) is 3.31. The van der Waals surface area contributed by atoms with Crippen molar-refractivity contribution in [2.75, 3.05) is 11.5 Å². The zero-order valence-electron chi connectivity index (χ0n) is 9.74. The fraction of sp³-hybridized carbons (Fsp3) is 0.333. The Bertz CT molecular complexity index is 476. The van der Waals surface area contributed by atoms with Crippen LogP contribution in [-0.4, -0.2) is 17.4 Å². The smallest absolute Gasteiger partial charge is 0.230 e. The van der Waals surface area contributed by atoms with Crippen LogP contribution >= 0.6 is 23.4 Å². The van der Waals surface area contributed by atoms with E-state index in [1.807, 2.05) is 6.07 Å². The van der Waals surface area contributed by atoms with Crippen molar-refractivity contribution in [3.05, 3.63) is 34.6 Å². The highest BCUT2D eigenvalue weighted by molar-refractivity contribution is 8.00. The van der Waals surface area contributed by atoms with Gasteiger partial charge in [-0.05, 0) is 24.6 Å². The molecule has 1 atom stereocenters. The minimum atomic E-state index is -0.483. The third-order valence-electron chi connectivity index (χ3n) is 2.22. The van der Waals surface area contributed by atoms with E-state index in [-0.39, 0.29) is 28.5 Å². The number of benzene rings is 1. The van der Waals surface area contributed by atoms with E-state index in [2.05, 4.69) is 5.32 Å². The zero-order valence-corrected chi connectivity index (χ0v) is 11.3. The number of nitrogens with zero attached hydrogens (tertiary/aromatic N) is 1. The van der Waals surface area contributed by atoms with Crippen LogP contribution in [0.1, 0.15) is 18.5 Å². The molecule has 0 bridgehead atoms. The van der Waals surface area contributed by atoms with E-state index in [1.54, 1.807) is 13.0 Å². The lowest BCUT2D eigenvalue weighted by molar-refractivity contribution is -0.119. The van der Waals surface area contributed by atoms with Gasteiger partial charge in [-0.1, -0.05) is 17.7 Å². The lowest BCUT2D eigenvalue weighted by Gasteiger charge is -2.14. The summed E-state index contributed by atoms with van der Waals surface area (Å²) in [6, 6.07) is 6.03. The number of thioether (sulfide) groups is 1. The Morgan fingerprint density at radius 3 is 3.00 bits per heavy atom. The molecule has 0 aromatic heterocycles. The molecule has 0 spiro atoms. The van der Waals surface area contributed by atoms with E-state index < -0.39 is 5.82 Å². The molecular weight excluding hydrogens is 275 g/mol. The average molecular weight is 287 g/mol. The third kappa shape index (κ3) is 4.55. The van der Waals surface area contributed by atoms with Gasteiger partial charge in [0, 0.05) is 0 Å². The molecule has 0 unspecified atom stereocenters. The molecule has 1 rings (SSSR count). The van der Waals surface area contributed by atoms with Crippen molar-refractivity contribution in [1.29, 1.82) is 5.26 Å². The Morgan fingerprint density at radius 2 is 2.39 bits per heavy atom. The van der Waals surface area contributed by atoms with E-state index in [1.165, 1.54) is 23.9 Å². The Hall–Kier alpha value is -1.25. The number of carbonyl (C=O) groups is 1. The van der Waals surface area contributed by atoms with Crippen molar-refractivity contribution < 1.29 is 9.18 Å². The fourth-order valence-corrected chi connectivity index (χ4v) is 1.99. The summed E-state index contributed by atoms with van der Waals surface area (Å²) in [6.07, 6.45) is 0. The van der Waals surface area contributed by atoms with Crippen molar-refractivity contribution in [3.8, 4) is 6.07 Å². The summed E-state index contributed by atoms with van der Waals surface area (Å²) in [5.74, 6) is -0.136. The molecule has 0 aliphatic carbocycles. The molecule has 1 aromatic rings. The molecule has 0 heterocycles. The van der Waals surface area contributed by atoms with E-state index in [0.717, 1.165) is 5.56 Å². The van der Waals surface area contributed by atoms with Crippen LogP contribution in [-0.2, 0) is 4.79 Å². The maximum Gasteiger partial charge on any atom is 0.230 e. The Morgan fingerprint density at radius 1 is 1.67 bits per heavy atom. The number of halogens is 2. The SMILES string of the molecule is C[C@H](NC(=O)CSCC#N)c1ccc(F)c(Cl)c1. The predicted octanol–water partition coefficient (Wildman–Crippen LogP) is 2.91. The minimum Gasteiger partial charge on any atom is -0.349 e. The number of hydrogen-bond donors (Lipinski definition) is 1. The topological polar surface area (TPSA) is 52.9 Å². The minimum absolute atomic E-state index is 0.0347. The van der Waals surface area contributed by atoms with Crippen LogP contribution in [0.4, 0.5) is 4.39 Å². The van der Waals surface area contributed by atoms with Crippen LogP contribution in [0.25, 0.3) is 0 Å². The number of nitriles is 1. The van der Waals surface area contributed by atoms with E-state index >= 15 is 0 Å². The van der Waals surface area contributed by atoms with Gasteiger partial charge in [0.15, 0.2) is 0 Å². The van der Waals surface area contributed by atoms with Crippen LogP contribution in [0, 0.1) is 17.1 Å². The summed E-state index contributed by atoms with van der Waals surface area (Å²) in [4.78, 5) is 11.5. The monoisotopic (exact) mass is 286 g/mol. The fourth-order valence-electron chi connectivity index (χ4n) is 1.34. The summed E-state index contributed by atoms with van der Waals surface area (Å²) in [5.41, 5.74) is 0.736. The molecule has 0 fully saturated rings. The molecule has 3 nitrogen and oxygen atoms in total. The molecule has 0 saturated heterocycles. The Labute approximate surface area is 114 Å². The van der Waals surface area contributed by atoms with Gasteiger partial charge in [0.2, 0.25) is 5.91 Å². The number of rotatable bonds is 5. The number of nitrogens with one attached hydrogen (secondary N) is 1. The standard InChI is InChI=1S/C12H12ClFN2OS/c1-8(16-12(17)7-18-5-4-15)9-2-3-11(14)10(13)6-9/h2-3,6,8H,5,7H2,1H3,(H,16,17)/t8-/m0/s1. The summed E-state index contributed by atoms with van der Waals surface area (Å²) < 4.78 is 13.0. The number of carbonyl (C=O) groups excluding carboxylic acids is 1. The second-order valence-corrected chi connectivity index (χ2v) is 5.01. The lowest BCUT2D eigenvalue weighted by atomic mass is 10.1. The molecule has 0 aliphatic heterocycles. The summed E-state index contributed by atoms with van der Waals surface area (Å²) in [6.45, 7) is 1.79. The Balaban J connectivity index is 2.54. The predicted molar refractivity (Wildman–Crippen MR) is 70.9 cm³/mol. The molecule has 1 amide bonds. The van der Waals surface area contributed by atoms with E-state index in [0.29, 0.717) is 0 Å². The summed E-state index contributed by atoms with van der Waals surface area (Å²) in [5, 5.41) is 11.1. The van der Waals surface area contributed by atoms with Gasteiger partial charge in [0.05, 0.1) is 28.6 Å². The maximum atomic E-state index is 13.0. The van der Waals surface area contributed by atoms with Crippen LogP contribution in [0.3, 0.4) is 0 Å². The van der Waals surface area contributed by atoms with Gasteiger partial charge in [-0.2, -0.15) is 5.26 Å². The molecular formula is C12H12ClFN2OS. The van der Waals surface area contributed by atoms with Crippen molar-refractivity contribution in [1.82, 2.24) is 5.32 Å². The first-order valence-electron chi connectivity index (χ1n) is 5.23. The van der Waals surface area contributed by atoms with Crippen LogP contribution in [0.15, 0.2) is 18.2 Å². The van der Waals surface area contributed by atoms with E-state index in [4.69, 9.17) is 16.9 Å². The second-order valence-electron chi connectivity index (χ2n) is 3.61. The zero-order chi connectivity index (χ0) is 13.5. The van der Waals surface area contributed by atoms with Crippen molar-refractivity contribution in [2.24, 2.45) is 0 Å². The summed E-state index contributed by atoms with van der Waals surface area (Å²) in [7, 11) is 0. The quantitative estimate of drug-likeness (QED) is 0.847. The van der Waals surface area contributed by atoms with Crippen molar-refractivity contribution in [2.45, 2.75) is 13.0 Å². The normalized spacial score (nSPS) is 11.7. The van der Waals surface area contributed by atoms with Crippen LogP contribution in [0.2, 0.25) is 5.02 Å². The molecule has 6 heteroatoms. The largest absolute Gasteiger partial charge is 0.349 e. The van der Waals surface area contributed by atoms with Crippen LogP contribution < -0.4 is 5.32 Å². The van der Waals surface area contributed by atoms with Gasteiger partial charge in [-0.3, -0.25) is 4.79 Å². The first-order valence-corrected chi connectivity index (χ1v) is 6.77. The van der Waals surface area contributed by atoms with Gasteiger partial charge in [0.25, 0.3) is 0 Å². The van der Waals surface area contributed by atoms with Gasteiger partial charge in [-0.25, -0.2) is 4.39 Å². The highest BCUT2D eigenvalue weighted by atomic mass is 35.5. The number of hydrogen-bond acceptors (Lipinski definition) is 3. The maximum absolute atomic E-state index is 13.0. The average Bonchev–Trinajstić information content (AvgIpc) is 2.33. The second kappa shape index (κ2) is 7.24. The van der Waals surface area contributed by atoms with Gasteiger partial charge in [0.1, 0.15) is 5.82 Å². The Kier molecular flexibility index (Phi) is 5.96. The molecule has 96 valence electrons. The van der Waals surface area contributed by atoms with Crippen LogP contribution in [0.5, 0.6) is 0 Å². The number of amides is 1. The molecule has 0 saturated carbocycles. The van der Waals surface area contributed by atoms with Gasteiger partial charge >= 0.3 is 0 Å². The molecule has 18 heavy (non-hydrogen) atoms. The van der Waals surface area contributed by atoms with E-state index in [9.17, 15) is 9.18 Å². The first-order chi connectivity index (χ1) is 8.54. The highest BCUT2D eigenvalue weighted by Crippen LogP contribution is 2.20. The van der Waals surface area contributed by atoms with Gasteiger partial charge < -0.3 is 5.32 Å². The lowest BCUT2D eigenvalue weighted by Crippen LogP contribution is -2.28. The first kappa shape index (κ1) is 14.8. The molecule has 0 aliphatic rings. The van der Waals surface area contributed by atoms with Crippen molar-refractivity contribution in [3.63, 3.8) is 0 Å². The molecule has 1 aromatic carbocycles. The molecule has 1 N–H and O–H groups in total.